The van der Waals surface area contributed by atoms with Crippen molar-refractivity contribution in [1.82, 2.24) is 4.40 Å². The molecule has 2 aromatic heterocycles. The van der Waals surface area contributed by atoms with Crippen LogP contribution in [0.15, 0.2) is 34.3 Å². The Labute approximate surface area is 119 Å². The number of thioether (sulfide) groups is 2. The zero-order valence-corrected chi connectivity index (χ0v) is 12.2. The standard InChI is InChI=1S/C13H12N2O2S2/c1-3-17-13(16)10-11(18-2)9-6-4-5-7-15(9)12(10)19-8-14/h4-7H,3H2,1-2H3. The van der Waals surface area contributed by atoms with Gasteiger partial charge in [0.15, 0.2) is 0 Å². The van der Waals surface area contributed by atoms with Crippen molar-refractivity contribution in [3.8, 4) is 5.40 Å². The summed E-state index contributed by atoms with van der Waals surface area (Å²) in [6.45, 7) is 2.08. The number of pyridine rings is 1. The molecular formula is C13H12N2O2S2. The summed E-state index contributed by atoms with van der Waals surface area (Å²) in [5, 5.41) is 11.6. The highest BCUT2D eigenvalue weighted by Crippen LogP contribution is 2.36. The van der Waals surface area contributed by atoms with Crippen molar-refractivity contribution in [2.75, 3.05) is 12.9 Å². The van der Waals surface area contributed by atoms with Crippen molar-refractivity contribution >= 4 is 35.0 Å². The minimum Gasteiger partial charge on any atom is -0.462 e. The van der Waals surface area contributed by atoms with Crippen LogP contribution in [-0.2, 0) is 4.74 Å². The van der Waals surface area contributed by atoms with Crippen molar-refractivity contribution in [3.63, 3.8) is 0 Å². The van der Waals surface area contributed by atoms with E-state index in [1.807, 2.05) is 40.5 Å². The molecule has 0 aliphatic carbocycles. The van der Waals surface area contributed by atoms with Gasteiger partial charge in [0.2, 0.25) is 0 Å². The molecule has 0 saturated heterocycles. The lowest BCUT2D eigenvalue weighted by atomic mass is 10.3. The van der Waals surface area contributed by atoms with Crippen LogP contribution in [-0.4, -0.2) is 23.2 Å². The summed E-state index contributed by atoms with van der Waals surface area (Å²) < 4.78 is 6.95. The lowest BCUT2D eigenvalue weighted by Crippen LogP contribution is -2.06. The van der Waals surface area contributed by atoms with Crippen LogP contribution in [0, 0.1) is 10.7 Å². The minimum atomic E-state index is -0.381. The van der Waals surface area contributed by atoms with Crippen LogP contribution in [0.1, 0.15) is 17.3 Å². The SMILES string of the molecule is CCOC(=O)c1c(SC)c2ccccn2c1SC#N. The number of fused-ring (bicyclic) bond motifs is 1. The molecule has 0 aliphatic rings. The first-order chi connectivity index (χ1) is 9.24. The van der Waals surface area contributed by atoms with Gasteiger partial charge in [-0.15, -0.1) is 11.8 Å². The molecule has 0 N–H and O–H groups in total. The third kappa shape index (κ3) is 2.44. The number of nitrogens with zero attached hydrogens (tertiary/aromatic N) is 2. The van der Waals surface area contributed by atoms with Crippen LogP contribution in [0.4, 0.5) is 0 Å². The summed E-state index contributed by atoms with van der Waals surface area (Å²) in [5.41, 5.74) is 1.39. The molecule has 0 unspecified atom stereocenters. The smallest absolute Gasteiger partial charge is 0.342 e. The number of hydrogen-bond donors (Lipinski definition) is 0. The zero-order valence-electron chi connectivity index (χ0n) is 10.5. The summed E-state index contributed by atoms with van der Waals surface area (Å²) in [6.07, 6.45) is 3.75. The van der Waals surface area contributed by atoms with Gasteiger partial charge in [-0.2, -0.15) is 5.26 Å². The lowest BCUT2D eigenvalue weighted by molar-refractivity contribution is 0.0518. The number of carbonyl (C=O) groups excluding carboxylic acids is 1. The quantitative estimate of drug-likeness (QED) is 0.491. The predicted octanol–water partition coefficient (Wildman–Crippen LogP) is 3.41. The minimum absolute atomic E-state index is 0.315. The second-order valence-corrected chi connectivity index (χ2v) is 5.17. The second-order valence-electron chi connectivity index (χ2n) is 3.58. The van der Waals surface area contributed by atoms with Gasteiger partial charge in [-0.3, -0.25) is 0 Å². The third-order valence-electron chi connectivity index (χ3n) is 2.58. The molecule has 2 rings (SSSR count). The van der Waals surface area contributed by atoms with Crippen molar-refractivity contribution in [3.05, 3.63) is 30.0 Å². The summed E-state index contributed by atoms with van der Waals surface area (Å²) >= 11 is 2.46. The van der Waals surface area contributed by atoms with Crippen LogP contribution < -0.4 is 0 Å². The molecule has 0 aromatic carbocycles. The largest absolute Gasteiger partial charge is 0.462 e. The Hall–Kier alpha value is -1.58. The Kier molecular flexibility index (Phi) is 4.40. The monoisotopic (exact) mass is 292 g/mol. The Morgan fingerprint density at radius 2 is 2.32 bits per heavy atom. The molecule has 2 aromatic rings. The van der Waals surface area contributed by atoms with E-state index in [0.717, 1.165) is 22.2 Å². The molecular weight excluding hydrogens is 280 g/mol. The maximum Gasteiger partial charge on any atom is 0.342 e. The van der Waals surface area contributed by atoms with Crippen LogP contribution in [0.5, 0.6) is 0 Å². The first-order valence-corrected chi connectivity index (χ1v) is 7.68. The highest BCUT2D eigenvalue weighted by atomic mass is 32.2. The Morgan fingerprint density at radius 3 is 2.95 bits per heavy atom. The number of aromatic nitrogens is 1. The van der Waals surface area contributed by atoms with Gasteiger partial charge < -0.3 is 9.14 Å². The van der Waals surface area contributed by atoms with Crippen LogP contribution in [0.3, 0.4) is 0 Å². The fourth-order valence-electron chi connectivity index (χ4n) is 1.88. The fourth-order valence-corrected chi connectivity index (χ4v) is 3.34. The number of rotatable bonds is 4. The average Bonchev–Trinajstić information content (AvgIpc) is 2.74. The van der Waals surface area contributed by atoms with Gasteiger partial charge in [-0.1, -0.05) is 6.07 Å². The first-order valence-electron chi connectivity index (χ1n) is 5.64. The number of nitriles is 1. The van der Waals surface area contributed by atoms with E-state index in [1.165, 1.54) is 11.8 Å². The van der Waals surface area contributed by atoms with E-state index in [9.17, 15) is 4.79 Å². The maximum absolute atomic E-state index is 12.1. The van der Waals surface area contributed by atoms with Crippen LogP contribution in [0.2, 0.25) is 0 Å². The molecule has 0 radical (unpaired) electrons. The molecule has 0 atom stereocenters. The zero-order chi connectivity index (χ0) is 13.8. The molecule has 0 spiro atoms. The molecule has 0 bridgehead atoms. The van der Waals surface area contributed by atoms with Gasteiger partial charge in [0, 0.05) is 22.9 Å². The summed E-state index contributed by atoms with van der Waals surface area (Å²) in [5.74, 6) is -0.381. The van der Waals surface area contributed by atoms with Crippen LogP contribution in [0.25, 0.3) is 5.52 Å². The van der Waals surface area contributed by atoms with E-state index in [0.29, 0.717) is 17.2 Å². The summed E-state index contributed by atoms with van der Waals surface area (Å²) in [4.78, 5) is 13.0. The number of carbonyl (C=O) groups is 1. The number of thiocyanates is 1. The topological polar surface area (TPSA) is 54.5 Å². The summed E-state index contributed by atoms with van der Waals surface area (Å²) in [7, 11) is 0. The average molecular weight is 292 g/mol. The van der Waals surface area contributed by atoms with Gasteiger partial charge in [0.1, 0.15) is 16.0 Å². The molecule has 2 heterocycles. The highest BCUT2D eigenvalue weighted by molar-refractivity contribution is 8.03. The van der Waals surface area contributed by atoms with E-state index < -0.39 is 0 Å². The number of ether oxygens (including phenoxy) is 1. The Morgan fingerprint density at radius 1 is 1.53 bits per heavy atom. The Balaban J connectivity index is 2.74. The molecule has 0 aliphatic heterocycles. The molecule has 19 heavy (non-hydrogen) atoms. The van der Waals surface area contributed by atoms with Gasteiger partial charge in [-0.25, -0.2) is 4.79 Å². The number of esters is 1. The molecule has 0 fully saturated rings. The third-order valence-corrected chi connectivity index (χ3v) is 4.09. The fraction of sp³-hybridized carbons (Fsp3) is 0.231. The lowest BCUT2D eigenvalue weighted by Gasteiger charge is -2.03. The van der Waals surface area contributed by atoms with E-state index in [1.54, 1.807) is 6.92 Å². The molecule has 4 nitrogen and oxygen atoms in total. The van der Waals surface area contributed by atoms with Gasteiger partial charge >= 0.3 is 5.97 Å². The molecule has 0 amide bonds. The van der Waals surface area contributed by atoms with E-state index in [-0.39, 0.29) is 5.97 Å². The second kappa shape index (κ2) is 6.04. The molecule has 6 heteroatoms. The van der Waals surface area contributed by atoms with Gasteiger partial charge in [0.25, 0.3) is 0 Å². The van der Waals surface area contributed by atoms with E-state index in [4.69, 9.17) is 10.00 Å². The highest BCUT2D eigenvalue weighted by Gasteiger charge is 2.24. The van der Waals surface area contributed by atoms with Gasteiger partial charge in [0.05, 0.1) is 12.1 Å². The molecule has 0 saturated carbocycles. The van der Waals surface area contributed by atoms with E-state index >= 15 is 0 Å². The van der Waals surface area contributed by atoms with Crippen molar-refractivity contribution < 1.29 is 9.53 Å². The van der Waals surface area contributed by atoms with Crippen molar-refractivity contribution in [2.45, 2.75) is 16.8 Å². The van der Waals surface area contributed by atoms with Crippen molar-refractivity contribution in [1.29, 1.82) is 5.26 Å². The normalized spacial score (nSPS) is 10.4. The Bertz CT molecular complexity index is 658. The predicted molar refractivity (Wildman–Crippen MR) is 76.6 cm³/mol. The van der Waals surface area contributed by atoms with Crippen LogP contribution >= 0.6 is 23.5 Å². The van der Waals surface area contributed by atoms with E-state index in [2.05, 4.69) is 0 Å². The van der Waals surface area contributed by atoms with Crippen molar-refractivity contribution in [2.24, 2.45) is 0 Å². The molecule has 98 valence electrons. The van der Waals surface area contributed by atoms with Gasteiger partial charge in [-0.05, 0) is 25.3 Å². The number of hydrogen-bond acceptors (Lipinski definition) is 5. The summed E-state index contributed by atoms with van der Waals surface area (Å²) in [6, 6.07) is 5.70. The first kappa shape index (κ1) is 13.8. The maximum atomic E-state index is 12.1.